The number of hydrogen-bond acceptors (Lipinski definition) is 8. The number of hydrazine groups is 1. The zero-order valence-corrected chi connectivity index (χ0v) is 28.5. The summed E-state index contributed by atoms with van der Waals surface area (Å²) in [5, 5.41) is 9.01. The monoisotopic (exact) mass is 685 g/mol. The quantitative estimate of drug-likeness (QED) is 0.0742. The predicted molar refractivity (Wildman–Crippen MR) is 197 cm³/mol. The van der Waals surface area contributed by atoms with Gasteiger partial charge >= 0.3 is 0 Å². The predicted octanol–water partition coefficient (Wildman–Crippen LogP) is 6.23. The molecule has 0 aromatic heterocycles. The first-order valence-corrected chi connectivity index (χ1v) is 17.2. The Kier molecular flexibility index (Phi) is 12.3. The van der Waals surface area contributed by atoms with Gasteiger partial charge in [0.05, 0.1) is 6.61 Å². The second-order valence-corrected chi connectivity index (χ2v) is 12.3. The van der Waals surface area contributed by atoms with E-state index in [1.165, 1.54) is 0 Å². The summed E-state index contributed by atoms with van der Waals surface area (Å²) in [6, 6.07) is 43.2. The highest BCUT2D eigenvalue weighted by molar-refractivity contribution is 6.00. The Hall–Kier alpha value is -5.64. The summed E-state index contributed by atoms with van der Waals surface area (Å²) in [6.45, 7) is 1.93. The van der Waals surface area contributed by atoms with Gasteiger partial charge < -0.3 is 24.1 Å². The first-order valence-electron chi connectivity index (χ1n) is 17.2. The lowest BCUT2D eigenvalue weighted by molar-refractivity contribution is -0.127. The lowest BCUT2D eigenvalue weighted by atomic mass is 9.91. The molecule has 9 nitrogen and oxygen atoms in total. The van der Waals surface area contributed by atoms with Crippen molar-refractivity contribution in [1.82, 2.24) is 10.9 Å². The summed E-state index contributed by atoms with van der Waals surface area (Å²) in [4.78, 5) is 18.7. The van der Waals surface area contributed by atoms with Crippen LogP contribution in [-0.2, 0) is 35.6 Å². The molecule has 1 aliphatic heterocycles. The fraction of sp³-hybridized carbons (Fsp3) is 0.238. The summed E-state index contributed by atoms with van der Waals surface area (Å²) < 4.78 is 24.1. The van der Waals surface area contributed by atoms with Crippen LogP contribution in [0.4, 0.5) is 0 Å². The fourth-order valence-electron chi connectivity index (χ4n) is 5.64. The zero-order chi connectivity index (χ0) is 35.1. The standard InChI is InChI=1S/C42H43N3O6/c46-25-10-26-48-37-20-18-36(19-21-37)40-44-42(31-51-40,28-33-11-4-1-5-12-33)41(47)45-43-24-23-32-17-22-38(49-29-34-13-6-2-7-14-34)39(27-32)50-30-35-15-8-3-9-16-35/h1-9,11-22,27,43,46H,10,23-26,28-31H2,(H,45,47)/t42-/m0/s1. The van der Waals surface area contributed by atoms with Crippen LogP contribution in [0.15, 0.2) is 138 Å². The van der Waals surface area contributed by atoms with E-state index in [0.29, 0.717) is 68.8 Å². The van der Waals surface area contributed by atoms with Crippen molar-refractivity contribution >= 4 is 11.8 Å². The van der Waals surface area contributed by atoms with E-state index in [2.05, 4.69) is 10.9 Å². The minimum atomic E-state index is -1.16. The van der Waals surface area contributed by atoms with E-state index in [0.717, 1.165) is 27.8 Å². The summed E-state index contributed by atoms with van der Waals surface area (Å²) in [6.07, 6.45) is 1.56. The van der Waals surface area contributed by atoms with Gasteiger partial charge in [-0.25, -0.2) is 10.4 Å². The number of rotatable bonds is 18. The molecule has 5 aromatic carbocycles. The molecule has 9 heteroatoms. The van der Waals surface area contributed by atoms with Crippen LogP contribution in [0.25, 0.3) is 0 Å². The van der Waals surface area contributed by atoms with Gasteiger partial charge in [-0.1, -0.05) is 97.1 Å². The van der Waals surface area contributed by atoms with Gasteiger partial charge in [-0.05, 0) is 65.1 Å². The average Bonchev–Trinajstić information content (AvgIpc) is 3.62. The first kappa shape index (κ1) is 35.2. The van der Waals surface area contributed by atoms with E-state index >= 15 is 0 Å². The Morgan fingerprint density at radius 3 is 2.00 bits per heavy atom. The van der Waals surface area contributed by atoms with E-state index in [1.807, 2.05) is 133 Å². The van der Waals surface area contributed by atoms with Crippen molar-refractivity contribution in [3.05, 3.63) is 161 Å². The fourth-order valence-corrected chi connectivity index (χ4v) is 5.64. The van der Waals surface area contributed by atoms with Gasteiger partial charge in [0.1, 0.15) is 25.6 Å². The Bertz CT molecular complexity index is 1850. The van der Waals surface area contributed by atoms with Crippen LogP contribution >= 0.6 is 0 Å². The number of carbonyl (C=O) groups is 1. The van der Waals surface area contributed by atoms with Gasteiger partial charge in [0.2, 0.25) is 5.90 Å². The highest BCUT2D eigenvalue weighted by Gasteiger charge is 2.44. The Morgan fingerprint density at radius 1 is 0.725 bits per heavy atom. The lowest BCUT2D eigenvalue weighted by Gasteiger charge is -2.23. The molecule has 1 amide bonds. The van der Waals surface area contributed by atoms with Crippen LogP contribution in [-0.4, -0.2) is 48.8 Å². The van der Waals surface area contributed by atoms with Crippen LogP contribution < -0.4 is 25.1 Å². The maximum atomic E-state index is 13.8. The third-order valence-corrected chi connectivity index (χ3v) is 8.42. The number of hydrogen-bond donors (Lipinski definition) is 3. The van der Waals surface area contributed by atoms with Crippen LogP contribution in [0, 0.1) is 0 Å². The van der Waals surface area contributed by atoms with Crippen molar-refractivity contribution in [2.45, 2.75) is 38.0 Å². The van der Waals surface area contributed by atoms with E-state index < -0.39 is 5.54 Å². The van der Waals surface area contributed by atoms with Crippen molar-refractivity contribution in [3.8, 4) is 17.2 Å². The van der Waals surface area contributed by atoms with Crippen molar-refractivity contribution in [1.29, 1.82) is 0 Å². The first-order chi connectivity index (χ1) is 25.1. The van der Waals surface area contributed by atoms with Crippen LogP contribution in [0.3, 0.4) is 0 Å². The lowest BCUT2D eigenvalue weighted by Crippen LogP contribution is -2.53. The highest BCUT2D eigenvalue weighted by Crippen LogP contribution is 2.31. The molecule has 0 radical (unpaired) electrons. The van der Waals surface area contributed by atoms with Crippen LogP contribution in [0.5, 0.6) is 17.2 Å². The van der Waals surface area contributed by atoms with Gasteiger partial charge in [-0.15, -0.1) is 0 Å². The third-order valence-electron chi connectivity index (χ3n) is 8.42. The smallest absolute Gasteiger partial charge is 0.266 e. The van der Waals surface area contributed by atoms with Crippen molar-refractivity contribution in [2.24, 2.45) is 4.99 Å². The van der Waals surface area contributed by atoms with Crippen molar-refractivity contribution in [2.75, 3.05) is 26.4 Å². The molecule has 51 heavy (non-hydrogen) atoms. The van der Waals surface area contributed by atoms with Gasteiger partial charge in [0, 0.05) is 31.6 Å². The third kappa shape index (κ3) is 9.97. The number of carbonyl (C=O) groups excluding carboxylic acids is 1. The molecule has 0 unspecified atom stereocenters. The molecule has 1 heterocycles. The van der Waals surface area contributed by atoms with E-state index in [-0.39, 0.29) is 19.1 Å². The van der Waals surface area contributed by atoms with Gasteiger partial charge in [0.15, 0.2) is 17.0 Å². The molecule has 0 spiro atoms. The summed E-state index contributed by atoms with van der Waals surface area (Å²) >= 11 is 0. The number of nitrogens with zero attached hydrogens (tertiary/aromatic N) is 1. The van der Waals surface area contributed by atoms with Gasteiger partial charge in [-0.2, -0.15) is 0 Å². The molecular formula is C42H43N3O6. The van der Waals surface area contributed by atoms with E-state index in [1.54, 1.807) is 0 Å². The number of ether oxygens (including phenoxy) is 4. The molecule has 0 saturated carbocycles. The summed E-state index contributed by atoms with van der Waals surface area (Å²) in [5.74, 6) is 2.14. The maximum absolute atomic E-state index is 13.8. The molecule has 5 aromatic rings. The van der Waals surface area contributed by atoms with Gasteiger partial charge in [0.25, 0.3) is 5.91 Å². The largest absolute Gasteiger partial charge is 0.494 e. The Labute approximate surface area is 298 Å². The van der Waals surface area contributed by atoms with E-state index in [4.69, 9.17) is 29.0 Å². The second-order valence-electron chi connectivity index (χ2n) is 12.3. The molecule has 262 valence electrons. The minimum absolute atomic E-state index is 0.0757. The Balaban J connectivity index is 1.10. The minimum Gasteiger partial charge on any atom is -0.494 e. The van der Waals surface area contributed by atoms with Crippen LogP contribution in [0.2, 0.25) is 0 Å². The van der Waals surface area contributed by atoms with Crippen molar-refractivity contribution in [3.63, 3.8) is 0 Å². The molecule has 0 fully saturated rings. The summed E-state index contributed by atoms with van der Waals surface area (Å²) in [5.41, 5.74) is 9.75. The number of aliphatic hydroxyl groups excluding tert-OH is 1. The highest BCUT2D eigenvalue weighted by atomic mass is 16.5. The SMILES string of the molecule is O=C(NNCCc1ccc(OCc2ccccc2)c(OCc2ccccc2)c1)[C@]1(Cc2ccccc2)COC(c2ccc(OCCCO)cc2)=N1. The van der Waals surface area contributed by atoms with Crippen LogP contribution in [0.1, 0.15) is 34.2 Å². The number of amides is 1. The summed E-state index contributed by atoms with van der Waals surface area (Å²) in [7, 11) is 0. The number of benzene rings is 5. The van der Waals surface area contributed by atoms with E-state index in [9.17, 15) is 4.79 Å². The molecule has 1 aliphatic rings. The molecule has 0 saturated heterocycles. The maximum Gasteiger partial charge on any atom is 0.266 e. The normalized spacial score (nSPS) is 15.0. The number of nitrogens with one attached hydrogen (secondary N) is 2. The molecule has 6 rings (SSSR count). The molecule has 1 atom stereocenters. The number of aliphatic imine (C=N–C) groups is 1. The molecular weight excluding hydrogens is 642 g/mol. The second kappa shape index (κ2) is 17.8. The Morgan fingerprint density at radius 2 is 1.35 bits per heavy atom. The molecule has 3 N–H and O–H groups in total. The topological polar surface area (TPSA) is 111 Å². The number of aliphatic hydroxyl groups is 1. The average molecular weight is 686 g/mol. The zero-order valence-electron chi connectivity index (χ0n) is 28.5. The molecule has 0 bridgehead atoms. The van der Waals surface area contributed by atoms with Gasteiger partial charge in [-0.3, -0.25) is 10.2 Å². The van der Waals surface area contributed by atoms with Crippen molar-refractivity contribution < 1.29 is 28.8 Å². The molecule has 0 aliphatic carbocycles.